The number of thioether (sulfide) groups is 1. The molecule has 1 amide bonds. The smallest absolute Gasteiger partial charge is 0.236 e. The van der Waals surface area contributed by atoms with Crippen molar-refractivity contribution in [1.29, 1.82) is 0 Å². The van der Waals surface area contributed by atoms with Crippen molar-refractivity contribution in [3.63, 3.8) is 0 Å². The molecule has 1 aliphatic heterocycles. The Morgan fingerprint density at radius 2 is 2.08 bits per heavy atom. The number of hydrogen-bond donors (Lipinski definition) is 1. The summed E-state index contributed by atoms with van der Waals surface area (Å²) in [6.45, 7) is 4.64. The van der Waals surface area contributed by atoms with Gasteiger partial charge < -0.3 is 10.1 Å². The molecule has 24 heavy (non-hydrogen) atoms. The van der Waals surface area contributed by atoms with E-state index < -0.39 is 0 Å². The standard InChI is InChI=1S/C17H21N3O2S2/c21-16(13-23-11-8-20-6-9-22-10-7-20)19-17-18-15(12-24-17)14-4-2-1-3-5-14/h1-5,12H,6-11,13H2,(H,18,19,21). The molecular weight excluding hydrogens is 342 g/mol. The van der Waals surface area contributed by atoms with Gasteiger partial charge >= 0.3 is 0 Å². The zero-order valence-corrected chi connectivity index (χ0v) is 15.1. The summed E-state index contributed by atoms with van der Waals surface area (Å²) in [4.78, 5) is 18.9. The van der Waals surface area contributed by atoms with E-state index in [1.54, 1.807) is 11.8 Å². The molecule has 0 bridgehead atoms. The molecule has 1 fully saturated rings. The summed E-state index contributed by atoms with van der Waals surface area (Å²) in [6.07, 6.45) is 0. The molecule has 0 atom stereocenters. The molecule has 0 saturated carbocycles. The molecule has 7 heteroatoms. The van der Waals surface area contributed by atoms with Crippen LogP contribution in [-0.2, 0) is 9.53 Å². The highest BCUT2D eigenvalue weighted by Gasteiger charge is 2.11. The van der Waals surface area contributed by atoms with Crippen LogP contribution in [0.25, 0.3) is 11.3 Å². The molecule has 2 aromatic rings. The highest BCUT2D eigenvalue weighted by Crippen LogP contribution is 2.24. The highest BCUT2D eigenvalue weighted by atomic mass is 32.2. The van der Waals surface area contributed by atoms with E-state index in [1.807, 2.05) is 35.7 Å². The molecule has 3 rings (SSSR count). The molecule has 5 nitrogen and oxygen atoms in total. The van der Waals surface area contributed by atoms with Crippen LogP contribution in [0.15, 0.2) is 35.7 Å². The largest absolute Gasteiger partial charge is 0.379 e. The third kappa shape index (κ3) is 5.31. The van der Waals surface area contributed by atoms with Gasteiger partial charge in [0.15, 0.2) is 5.13 Å². The first-order valence-corrected chi connectivity index (χ1v) is 10.0. The zero-order chi connectivity index (χ0) is 16.6. The maximum atomic E-state index is 12.0. The van der Waals surface area contributed by atoms with Crippen molar-refractivity contribution in [2.45, 2.75) is 0 Å². The van der Waals surface area contributed by atoms with Gasteiger partial charge in [0.1, 0.15) is 0 Å². The number of morpholine rings is 1. The lowest BCUT2D eigenvalue weighted by Gasteiger charge is -2.26. The zero-order valence-electron chi connectivity index (χ0n) is 13.4. The number of rotatable bonds is 7. The molecule has 1 N–H and O–H groups in total. The van der Waals surface area contributed by atoms with Gasteiger partial charge in [-0.2, -0.15) is 11.8 Å². The van der Waals surface area contributed by atoms with Crippen LogP contribution in [0.2, 0.25) is 0 Å². The molecule has 1 aromatic carbocycles. The fourth-order valence-electron chi connectivity index (χ4n) is 2.41. The first-order chi connectivity index (χ1) is 11.8. The Hall–Kier alpha value is -1.41. The molecule has 1 saturated heterocycles. The molecule has 0 aliphatic carbocycles. The van der Waals surface area contributed by atoms with Gasteiger partial charge in [0, 0.05) is 36.3 Å². The SMILES string of the molecule is O=C(CSCCN1CCOCC1)Nc1nc(-c2ccccc2)cs1. The van der Waals surface area contributed by atoms with Gasteiger partial charge in [0.05, 0.1) is 24.7 Å². The molecule has 2 heterocycles. The summed E-state index contributed by atoms with van der Waals surface area (Å²) in [7, 11) is 0. The number of hydrogen-bond acceptors (Lipinski definition) is 6. The molecule has 0 spiro atoms. The molecule has 128 valence electrons. The Balaban J connectivity index is 1.38. The van der Waals surface area contributed by atoms with Crippen molar-refractivity contribution < 1.29 is 9.53 Å². The number of benzene rings is 1. The number of carbonyl (C=O) groups excluding carboxylic acids is 1. The number of carbonyl (C=O) groups is 1. The van der Waals surface area contributed by atoms with Gasteiger partial charge in [0.25, 0.3) is 0 Å². The van der Waals surface area contributed by atoms with Crippen LogP contribution in [0.3, 0.4) is 0 Å². The Labute approximate surface area is 150 Å². The Morgan fingerprint density at radius 1 is 1.29 bits per heavy atom. The van der Waals surface area contributed by atoms with Crippen molar-refractivity contribution in [3.05, 3.63) is 35.7 Å². The lowest BCUT2D eigenvalue weighted by atomic mass is 10.2. The van der Waals surface area contributed by atoms with Crippen LogP contribution < -0.4 is 5.32 Å². The van der Waals surface area contributed by atoms with Crippen molar-refractivity contribution in [1.82, 2.24) is 9.88 Å². The van der Waals surface area contributed by atoms with E-state index in [0.717, 1.165) is 49.9 Å². The summed E-state index contributed by atoms with van der Waals surface area (Å²) >= 11 is 3.12. The molecule has 0 unspecified atom stereocenters. The fourth-order valence-corrected chi connectivity index (χ4v) is 3.94. The van der Waals surface area contributed by atoms with Crippen LogP contribution in [0.5, 0.6) is 0 Å². The van der Waals surface area contributed by atoms with E-state index in [2.05, 4.69) is 15.2 Å². The predicted octanol–water partition coefficient (Wildman–Crippen LogP) is 2.81. The number of ether oxygens (including phenoxy) is 1. The number of thiazole rings is 1. The topological polar surface area (TPSA) is 54.5 Å². The third-order valence-electron chi connectivity index (χ3n) is 3.71. The minimum absolute atomic E-state index is 0.0101. The Morgan fingerprint density at radius 3 is 2.88 bits per heavy atom. The first kappa shape index (κ1) is 17.4. The summed E-state index contributed by atoms with van der Waals surface area (Å²) < 4.78 is 5.33. The maximum absolute atomic E-state index is 12.0. The van der Waals surface area contributed by atoms with Gasteiger partial charge in [-0.05, 0) is 0 Å². The summed E-state index contributed by atoms with van der Waals surface area (Å²) in [5, 5.41) is 5.51. The lowest BCUT2D eigenvalue weighted by molar-refractivity contribution is -0.113. The van der Waals surface area contributed by atoms with Crippen molar-refractivity contribution in [3.8, 4) is 11.3 Å². The van der Waals surface area contributed by atoms with Crippen molar-refractivity contribution >= 4 is 34.1 Å². The third-order valence-corrected chi connectivity index (χ3v) is 5.40. The van der Waals surface area contributed by atoms with Gasteiger partial charge in [-0.15, -0.1) is 11.3 Å². The molecule has 0 radical (unpaired) electrons. The summed E-state index contributed by atoms with van der Waals surface area (Å²) in [5.74, 6) is 1.43. The van der Waals surface area contributed by atoms with Crippen LogP contribution in [0, 0.1) is 0 Å². The number of aromatic nitrogens is 1. The number of nitrogens with one attached hydrogen (secondary N) is 1. The highest BCUT2D eigenvalue weighted by molar-refractivity contribution is 7.99. The Bertz CT molecular complexity index is 642. The van der Waals surface area contributed by atoms with Crippen LogP contribution in [0.1, 0.15) is 0 Å². The second kappa shape index (κ2) is 9.17. The van der Waals surface area contributed by atoms with Crippen LogP contribution in [-0.4, -0.2) is 60.1 Å². The van der Waals surface area contributed by atoms with Gasteiger partial charge in [0.2, 0.25) is 5.91 Å². The van der Waals surface area contributed by atoms with E-state index >= 15 is 0 Å². The van der Waals surface area contributed by atoms with E-state index in [1.165, 1.54) is 11.3 Å². The average Bonchev–Trinajstić information content (AvgIpc) is 3.09. The molecule has 1 aromatic heterocycles. The number of amides is 1. The molecule has 1 aliphatic rings. The second-order valence-corrected chi connectivity index (χ2v) is 7.42. The maximum Gasteiger partial charge on any atom is 0.236 e. The minimum atomic E-state index is 0.0101. The van der Waals surface area contributed by atoms with Crippen LogP contribution >= 0.6 is 23.1 Å². The second-order valence-electron chi connectivity index (χ2n) is 5.46. The fraction of sp³-hybridized carbons (Fsp3) is 0.412. The monoisotopic (exact) mass is 363 g/mol. The average molecular weight is 364 g/mol. The Kier molecular flexibility index (Phi) is 6.66. The van der Waals surface area contributed by atoms with Crippen molar-refractivity contribution in [2.75, 3.05) is 49.7 Å². The predicted molar refractivity (Wildman–Crippen MR) is 101 cm³/mol. The quantitative estimate of drug-likeness (QED) is 0.767. The van der Waals surface area contributed by atoms with Gasteiger partial charge in [-0.25, -0.2) is 4.98 Å². The molecular formula is C17H21N3O2S2. The normalized spacial score (nSPS) is 15.3. The van der Waals surface area contributed by atoms with Crippen LogP contribution in [0.4, 0.5) is 5.13 Å². The van der Waals surface area contributed by atoms with E-state index in [-0.39, 0.29) is 5.91 Å². The first-order valence-electron chi connectivity index (χ1n) is 8.00. The number of anilines is 1. The van der Waals surface area contributed by atoms with Crippen molar-refractivity contribution in [2.24, 2.45) is 0 Å². The lowest BCUT2D eigenvalue weighted by Crippen LogP contribution is -2.37. The summed E-state index contributed by atoms with van der Waals surface area (Å²) in [5.41, 5.74) is 1.96. The minimum Gasteiger partial charge on any atom is -0.379 e. The van der Waals surface area contributed by atoms with E-state index in [0.29, 0.717) is 10.9 Å². The van der Waals surface area contributed by atoms with E-state index in [4.69, 9.17) is 4.74 Å². The summed E-state index contributed by atoms with van der Waals surface area (Å²) in [6, 6.07) is 9.98. The van der Waals surface area contributed by atoms with Gasteiger partial charge in [-0.1, -0.05) is 30.3 Å². The van der Waals surface area contributed by atoms with E-state index in [9.17, 15) is 4.79 Å². The van der Waals surface area contributed by atoms with Gasteiger partial charge in [-0.3, -0.25) is 9.69 Å². The number of nitrogens with zero attached hydrogens (tertiary/aromatic N) is 2.